The average Bonchev–Trinajstić information content (AvgIpc) is 2.27. The summed E-state index contributed by atoms with van der Waals surface area (Å²) < 4.78 is 61.1. The highest BCUT2D eigenvalue weighted by Crippen LogP contribution is 2.45. The Balaban J connectivity index is 3.22. The van der Waals surface area contributed by atoms with Crippen molar-refractivity contribution < 1.29 is 22.0 Å². The molecule has 0 aliphatic heterocycles. The molecule has 0 N–H and O–H groups in total. The van der Waals surface area contributed by atoms with E-state index in [-0.39, 0.29) is 0 Å². The van der Waals surface area contributed by atoms with Crippen molar-refractivity contribution >= 4 is 15.9 Å². The van der Waals surface area contributed by atoms with Crippen molar-refractivity contribution in [2.75, 3.05) is 0 Å². The summed E-state index contributed by atoms with van der Waals surface area (Å²) in [6.45, 7) is 0. The molecule has 0 unspecified atom stereocenters. The van der Waals surface area contributed by atoms with E-state index >= 15 is 0 Å². The predicted molar refractivity (Wildman–Crippen MR) is 40.6 cm³/mol. The van der Waals surface area contributed by atoms with Crippen LogP contribution in [-0.4, -0.2) is 16.0 Å². The summed E-state index contributed by atoms with van der Waals surface area (Å²) in [6.07, 6.45) is -4.75. The zero-order valence-electron chi connectivity index (χ0n) is 6.45. The third-order valence-corrected chi connectivity index (χ3v) is 1.95. The molecule has 0 bridgehead atoms. The molecule has 79 valence electrons. The molecular formula is C6H3BrF5N2. The van der Waals surface area contributed by atoms with Gasteiger partial charge in [0, 0.05) is 6.20 Å². The standard InChI is InChI=1S/C6H3BrF5N2/c1-14-2-3(7)4(13-14)5(8,9)6(10,11)12/h2H,1H2. The molecule has 0 fully saturated rings. The summed E-state index contributed by atoms with van der Waals surface area (Å²) in [5.74, 6) is -4.98. The van der Waals surface area contributed by atoms with E-state index < -0.39 is 22.3 Å². The van der Waals surface area contributed by atoms with Crippen LogP contribution in [0.1, 0.15) is 5.69 Å². The molecule has 1 aromatic heterocycles. The number of nitrogens with zero attached hydrogens (tertiary/aromatic N) is 2. The summed E-state index contributed by atoms with van der Waals surface area (Å²) in [4.78, 5) is 0. The topological polar surface area (TPSA) is 17.8 Å². The molecule has 0 saturated heterocycles. The lowest BCUT2D eigenvalue weighted by molar-refractivity contribution is -0.291. The van der Waals surface area contributed by atoms with E-state index in [9.17, 15) is 22.0 Å². The highest BCUT2D eigenvalue weighted by molar-refractivity contribution is 9.10. The summed E-state index contributed by atoms with van der Waals surface area (Å²) >= 11 is 2.54. The van der Waals surface area contributed by atoms with Crippen LogP contribution < -0.4 is 0 Å². The summed E-state index contributed by atoms with van der Waals surface area (Å²) in [5, 5.41) is 2.94. The third-order valence-electron chi connectivity index (χ3n) is 1.37. The third kappa shape index (κ3) is 1.75. The van der Waals surface area contributed by atoms with E-state index in [1.165, 1.54) is 0 Å². The molecule has 1 heterocycles. The Labute approximate surface area is 83.8 Å². The van der Waals surface area contributed by atoms with E-state index in [1.54, 1.807) is 0 Å². The van der Waals surface area contributed by atoms with E-state index in [2.05, 4.69) is 28.1 Å². The zero-order chi connectivity index (χ0) is 11.1. The first-order valence-corrected chi connectivity index (χ1v) is 3.96. The maximum atomic E-state index is 12.7. The van der Waals surface area contributed by atoms with Gasteiger partial charge in [-0.2, -0.15) is 27.1 Å². The number of alkyl halides is 5. The van der Waals surface area contributed by atoms with Gasteiger partial charge in [-0.3, -0.25) is 4.68 Å². The lowest BCUT2D eigenvalue weighted by Crippen LogP contribution is -2.34. The molecule has 0 amide bonds. The number of hydrogen-bond acceptors (Lipinski definition) is 1. The molecule has 0 saturated carbocycles. The molecule has 0 aromatic carbocycles. The lowest BCUT2D eigenvalue weighted by Gasteiger charge is -2.17. The number of rotatable bonds is 1. The van der Waals surface area contributed by atoms with Gasteiger partial charge < -0.3 is 0 Å². The smallest absolute Gasteiger partial charge is 0.269 e. The van der Waals surface area contributed by atoms with Gasteiger partial charge in [-0.25, -0.2) is 0 Å². The van der Waals surface area contributed by atoms with Gasteiger partial charge in [-0.1, -0.05) is 0 Å². The van der Waals surface area contributed by atoms with Crippen molar-refractivity contribution in [3.8, 4) is 0 Å². The lowest BCUT2D eigenvalue weighted by atomic mass is 10.2. The summed E-state index contributed by atoms with van der Waals surface area (Å²) in [5.41, 5.74) is -1.39. The largest absolute Gasteiger partial charge is 0.459 e. The summed E-state index contributed by atoms with van der Waals surface area (Å²) in [6, 6.07) is 0. The minimum atomic E-state index is -5.66. The molecule has 0 aliphatic rings. The van der Waals surface area contributed by atoms with Crippen LogP contribution >= 0.6 is 15.9 Å². The molecule has 1 rings (SSSR count). The predicted octanol–water partition coefficient (Wildman–Crippen LogP) is 2.94. The molecule has 2 nitrogen and oxygen atoms in total. The first kappa shape index (κ1) is 11.4. The fraction of sp³-hybridized carbons (Fsp3) is 0.333. The highest BCUT2D eigenvalue weighted by Gasteiger charge is 2.61. The van der Waals surface area contributed by atoms with E-state index in [0.717, 1.165) is 6.20 Å². The van der Waals surface area contributed by atoms with Crippen LogP contribution in [-0.2, 0) is 5.92 Å². The van der Waals surface area contributed by atoms with Gasteiger partial charge in [0.2, 0.25) is 0 Å². The number of aromatic nitrogens is 2. The van der Waals surface area contributed by atoms with E-state index in [4.69, 9.17) is 0 Å². The van der Waals surface area contributed by atoms with E-state index in [0.29, 0.717) is 4.68 Å². The SMILES string of the molecule is [CH2]n1cc(Br)c(C(F)(F)C(F)(F)F)n1. The van der Waals surface area contributed by atoms with Crippen molar-refractivity contribution in [3.63, 3.8) is 0 Å². The Morgan fingerprint density at radius 1 is 1.29 bits per heavy atom. The van der Waals surface area contributed by atoms with Gasteiger partial charge >= 0.3 is 12.1 Å². The van der Waals surface area contributed by atoms with Crippen molar-refractivity contribution in [3.05, 3.63) is 23.4 Å². The van der Waals surface area contributed by atoms with Gasteiger partial charge in [0.15, 0.2) is 5.69 Å². The zero-order valence-corrected chi connectivity index (χ0v) is 8.03. The average molecular weight is 278 g/mol. The Bertz CT molecular complexity index is 342. The Hall–Kier alpha value is -0.660. The Morgan fingerprint density at radius 2 is 1.79 bits per heavy atom. The first-order valence-electron chi connectivity index (χ1n) is 3.17. The van der Waals surface area contributed by atoms with Crippen LogP contribution in [0.5, 0.6) is 0 Å². The molecule has 1 radical (unpaired) electrons. The van der Waals surface area contributed by atoms with Gasteiger partial charge in [0.05, 0.1) is 11.5 Å². The van der Waals surface area contributed by atoms with Crippen LogP contribution in [0, 0.1) is 7.05 Å². The Morgan fingerprint density at radius 3 is 2.07 bits per heavy atom. The molecule has 8 heteroatoms. The summed E-state index contributed by atoms with van der Waals surface area (Å²) in [7, 11) is 3.07. The van der Waals surface area contributed by atoms with Crippen LogP contribution in [0.3, 0.4) is 0 Å². The maximum Gasteiger partial charge on any atom is 0.459 e. The molecule has 1 aromatic rings. The second-order valence-corrected chi connectivity index (χ2v) is 3.29. The molecule has 0 aliphatic carbocycles. The second kappa shape index (κ2) is 3.18. The van der Waals surface area contributed by atoms with Gasteiger partial charge in [0.25, 0.3) is 0 Å². The quantitative estimate of drug-likeness (QED) is 0.722. The van der Waals surface area contributed by atoms with Gasteiger partial charge in [0.1, 0.15) is 0 Å². The van der Waals surface area contributed by atoms with Crippen LogP contribution in [0.4, 0.5) is 22.0 Å². The molecule has 0 atom stereocenters. The monoisotopic (exact) mass is 277 g/mol. The number of hydrogen-bond donors (Lipinski definition) is 0. The van der Waals surface area contributed by atoms with Crippen molar-refractivity contribution in [1.82, 2.24) is 9.78 Å². The van der Waals surface area contributed by atoms with Crippen LogP contribution in [0.2, 0.25) is 0 Å². The minimum absolute atomic E-state index is 0.435. The van der Waals surface area contributed by atoms with Crippen LogP contribution in [0.15, 0.2) is 10.7 Å². The van der Waals surface area contributed by atoms with Crippen molar-refractivity contribution in [2.24, 2.45) is 0 Å². The maximum absolute atomic E-state index is 12.7. The molecular weight excluding hydrogens is 275 g/mol. The van der Waals surface area contributed by atoms with Gasteiger partial charge in [-0.05, 0) is 15.9 Å². The molecule has 0 spiro atoms. The van der Waals surface area contributed by atoms with E-state index in [1.807, 2.05) is 0 Å². The fourth-order valence-electron chi connectivity index (χ4n) is 0.744. The molecule has 14 heavy (non-hydrogen) atoms. The highest BCUT2D eigenvalue weighted by atomic mass is 79.9. The fourth-order valence-corrected chi connectivity index (χ4v) is 1.31. The first-order chi connectivity index (χ1) is 6.16. The minimum Gasteiger partial charge on any atom is -0.269 e. The van der Waals surface area contributed by atoms with Crippen LogP contribution in [0.25, 0.3) is 0 Å². The second-order valence-electron chi connectivity index (χ2n) is 2.44. The number of halogens is 6. The van der Waals surface area contributed by atoms with Gasteiger partial charge in [-0.15, -0.1) is 0 Å². The van der Waals surface area contributed by atoms with Crippen molar-refractivity contribution in [2.45, 2.75) is 12.1 Å². The Kier molecular flexibility index (Phi) is 2.59. The normalized spacial score (nSPS) is 13.4. The van der Waals surface area contributed by atoms with Crippen molar-refractivity contribution in [1.29, 1.82) is 0 Å².